The molecule has 4 heteroatoms. The van der Waals surface area contributed by atoms with Crippen molar-refractivity contribution in [3.63, 3.8) is 0 Å². The fourth-order valence-corrected chi connectivity index (χ4v) is 2.91. The Morgan fingerprint density at radius 2 is 2.00 bits per heavy atom. The van der Waals surface area contributed by atoms with Crippen LogP contribution in [-0.2, 0) is 6.54 Å². The van der Waals surface area contributed by atoms with Crippen LogP contribution in [-0.4, -0.2) is 28.3 Å². The minimum atomic E-state index is -0.349. The molecule has 0 spiro atoms. The highest BCUT2D eigenvalue weighted by atomic mass is 16.5. The smallest absolute Gasteiger partial charge is 0.142 e. The standard InChI is InChI=1S/C17H26N2O2/c1-12-7-10-16(14(19-12)11-18-13-8-9-13)21-17-6-4-2-3-5-15(17)20/h7,10,13,15,17-18,20H,2-6,8-9,11H2,1H3. The highest BCUT2D eigenvalue weighted by molar-refractivity contribution is 5.29. The topological polar surface area (TPSA) is 54.4 Å². The average Bonchev–Trinajstić information content (AvgIpc) is 3.29. The summed E-state index contributed by atoms with van der Waals surface area (Å²) in [5.41, 5.74) is 1.98. The van der Waals surface area contributed by atoms with Gasteiger partial charge in [-0.05, 0) is 51.2 Å². The van der Waals surface area contributed by atoms with Gasteiger partial charge in [-0.2, -0.15) is 0 Å². The molecule has 2 aliphatic rings. The van der Waals surface area contributed by atoms with Gasteiger partial charge < -0.3 is 15.2 Å². The Morgan fingerprint density at radius 3 is 2.81 bits per heavy atom. The highest BCUT2D eigenvalue weighted by Gasteiger charge is 2.25. The first kappa shape index (κ1) is 14.8. The van der Waals surface area contributed by atoms with Crippen LogP contribution in [0.15, 0.2) is 12.1 Å². The number of hydrogen-bond acceptors (Lipinski definition) is 4. The van der Waals surface area contributed by atoms with Crippen LogP contribution in [0.5, 0.6) is 5.75 Å². The molecule has 4 nitrogen and oxygen atoms in total. The lowest BCUT2D eigenvalue weighted by atomic mass is 10.1. The number of aliphatic hydroxyl groups excluding tert-OH is 1. The molecule has 2 unspecified atom stereocenters. The first-order valence-electron chi connectivity index (χ1n) is 8.27. The Hall–Kier alpha value is -1.13. The zero-order valence-corrected chi connectivity index (χ0v) is 12.8. The van der Waals surface area contributed by atoms with Gasteiger partial charge in [-0.3, -0.25) is 4.98 Å². The van der Waals surface area contributed by atoms with Gasteiger partial charge in [-0.1, -0.05) is 12.8 Å². The van der Waals surface area contributed by atoms with Crippen molar-refractivity contribution in [1.82, 2.24) is 10.3 Å². The van der Waals surface area contributed by atoms with Crippen LogP contribution in [0.1, 0.15) is 56.3 Å². The molecule has 0 bridgehead atoms. The molecule has 1 aromatic rings. The van der Waals surface area contributed by atoms with E-state index in [1.54, 1.807) is 0 Å². The fourth-order valence-electron chi connectivity index (χ4n) is 2.91. The lowest BCUT2D eigenvalue weighted by Crippen LogP contribution is -2.31. The molecule has 2 fully saturated rings. The van der Waals surface area contributed by atoms with Crippen LogP contribution in [0.25, 0.3) is 0 Å². The van der Waals surface area contributed by atoms with Crippen molar-refractivity contribution in [2.75, 3.05) is 0 Å². The average molecular weight is 290 g/mol. The lowest BCUT2D eigenvalue weighted by Gasteiger charge is -2.23. The third-order valence-corrected chi connectivity index (χ3v) is 4.40. The summed E-state index contributed by atoms with van der Waals surface area (Å²) in [6, 6.07) is 4.65. The number of nitrogens with one attached hydrogen (secondary N) is 1. The Morgan fingerprint density at radius 1 is 1.19 bits per heavy atom. The van der Waals surface area contributed by atoms with E-state index in [4.69, 9.17) is 4.74 Å². The molecule has 116 valence electrons. The maximum Gasteiger partial charge on any atom is 0.142 e. The van der Waals surface area contributed by atoms with Gasteiger partial charge in [-0.25, -0.2) is 0 Å². The van der Waals surface area contributed by atoms with Gasteiger partial charge in [0.25, 0.3) is 0 Å². The largest absolute Gasteiger partial charge is 0.486 e. The summed E-state index contributed by atoms with van der Waals surface area (Å²) in [6.07, 6.45) is 7.31. The van der Waals surface area contributed by atoms with Crippen molar-refractivity contribution < 1.29 is 9.84 Å². The van der Waals surface area contributed by atoms with Gasteiger partial charge in [0.15, 0.2) is 0 Å². The van der Waals surface area contributed by atoms with E-state index >= 15 is 0 Å². The molecule has 1 aromatic heterocycles. The Bertz CT molecular complexity index is 474. The number of aryl methyl sites for hydroxylation is 1. The molecule has 1 heterocycles. The summed E-state index contributed by atoms with van der Waals surface area (Å²) in [5.74, 6) is 0.833. The number of ether oxygens (including phenoxy) is 1. The Labute approximate surface area is 126 Å². The maximum absolute atomic E-state index is 10.2. The lowest BCUT2D eigenvalue weighted by molar-refractivity contribution is 0.0311. The molecule has 0 radical (unpaired) electrons. The number of aliphatic hydroxyl groups is 1. The third-order valence-electron chi connectivity index (χ3n) is 4.40. The molecule has 0 aromatic carbocycles. The van der Waals surface area contributed by atoms with E-state index in [0.717, 1.165) is 49.4 Å². The van der Waals surface area contributed by atoms with Crippen molar-refractivity contribution in [2.24, 2.45) is 0 Å². The second-order valence-electron chi connectivity index (χ2n) is 6.41. The second-order valence-corrected chi connectivity index (χ2v) is 6.41. The van der Waals surface area contributed by atoms with E-state index in [0.29, 0.717) is 6.04 Å². The van der Waals surface area contributed by atoms with E-state index in [1.165, 1.54) is 19.3 Å². The van der Waals surface area contributed by atoms with Gasteiger partial charge in [0.1, 0.15) is 11.9 Å². The van der Waals surface area contributed by atoms with Crippen molar-refractivity contribution in [3.8, 4) is 5.75 Å². The number of rotatable bonds is 5. The minimum Gasteiger partial charge on any atom is -0.486 e. The van der Waals surface area contributed by atoms with Crippen molar-refractivity contribution in [3.05, 3.63) is 23.5 Å². The van der Waals surface area contributed by atoms with Crippen molar-refractivity contribution in [1.29, 1.82) is 0 Å². The summed E-state index contributed by atoms with van der Waals surface area (Å²) in [5, 5.41) is 13.7. The fraction of sp³-hybridized carbons (Fsp3) is 0.706. The molecule has 3 rings (SSSR count). The third kappa shape index (κ3) is 4.17. The predicted octanol–water partition coefficient (Wildman–Crippen LogP) is 2.71. The monoisotopic (exact) mass is 290 g/mol. The molecule has 2 atom stereocenters. The van der Waals surface area contributed by atoms with Crippen molar-refractivity contribution in [2.45, 2.75) is 76.7 Å². The van der Waals surface area contributed by atoms with E-state index in [1.807, 2.05) is 19.1 Å². The zero-order valence-electron chi connectivity index (χ0n) is 12.8. The summed E-state index contributed by atoms with van der Waals surface area (Å²) < 4.78 is 6.13. The summed E-state index contributed by atoms with van der Waals surface area (Å²) in [7, 11) is 0. The van der Waals surface area contributed by atoms with Crippen LogP contribution >= 0.6 is 0 Å². The summed E-state index contributed by atoms with van der Waals surface area (Å²) >= 11 is 0. The van der Waals surface area contributed by atoms with Crippen LogP contribution in [0, 0.1) is 6.92 Å². The minimum absolute atomic E-state index is 0.0864. The molecule has 2 aliphatic carbocycles. The number of hydrogen-bond donors (Lipinski definition) is 2. The predicted molar refractivity (Wildman–Crippen MR) is 82.3 cm³/mol. The van der Waals surface area contributed by atoms with Gasteiger partial charge in [0.05, 0.1) is 11.8 Å². The van der Waals surface area contributed by atoms with Gasteiger partial charge in [0, 0.05) is 18.3 Å². The molecule has 0 saturated heterocycles. The van der Waals surface area contributed by atoms with Gasteiger partial charge in [0.2, 0.25) is 0 Å². The molecule has 2 N–H and O–H groups in total. The molecule has 2 saturated carbocycles. The summed E-state index contributed by atoms with van der Waals surface area (Å²) in [4.78, 5) is 4.62. The van der Waals surface area contributed by atoms with E-state index in [2.05, 4.69) is 10.3 Å². The van der Waals surface area contributed by atoms with Crippen LogP contribution in [0.2, 0.25) is 0 Å². The zero-order chi connectivity index (χ0) is 14.7. The quantitative estimate of drug-likeness (QED) is 0.819. The maximum atomic E-state index is 10.2. The highest BCUT2D eigenvalue weighted by Crippen LogP contribution is 2.26. The molecule has 0 aliphatic heterocycles. The second kappa shape index (κ2) is 6.75. The first-order chi connectivity index (χ1) is 10.2. The van der Waals surface area contributed by atoms with E-state index < -0.39 is 0 Å². The summed E-state index contributed by atoms with van der Waals surface area (Å²) in [6.45, 7) is 2.76. The normalized spacial score (nSPS) is 26.4. The Kier molecular flexibility index (Phi) is 4.76. The number of pyridine rings is 1. The van der Waals surface area contributed by atoms with E-state index in [9.17, 15) is 5.11 Å². The van der Waals surface area contributed by atoms with E-state index in [-0.39, 0.29) is 12.2 Å². The molecular formula is C17H26N2O2. The Balaban J connectivity index is 1.69. The van der Waals surface area contributed by atoms with Crippen molar-refractivity contribution >= 4 is 0 Å². The number of aromatic nitrogens is 1. The van der Waals surface area contributed by atoms with Crippen LogP contribution < -0.4 is 10.1 Å². The SMILES string of the molecule is Cc1ccc(OC2CCCCCC2O)c(CNC2CC2)n1. The van der Waals surface area contributed by atoms with Gasteiger partial charge >= 0.3 is 0 Å². The molecule has 0 amide bonds. The van der Waals surface area contributed by atoms with Gasteiger partial charge in [-0.15, -0.1) is 0 Å². The van der Waals surface area contributed by atoms with Crippen LogP contribution in [0.4, 0.5) is 0 Å². The molecule has 21 heavy (non-hydrogen) atoms. The first-order valence-corrected chi connectivity index (χ1v) is 8.27. The molecular weight excluding hydrogens is 264 g/mol. The van der Waals surface area contributed by atoms with Crippen LogP contribution in [0.3, 0.4) is 0 Å². The number of nitrogens with zero attached hydrogens (tertiary/aromatic N) is 1.